The maximum Gasteiger partial charge on any atom is 0.235 e. The smallest absolute Gasteiger partial charge is 0.235 e. The minimum absolute atomic E-state index is 0.0168. The highest BCUT2D eigenvalue weighted by Gasteiger charge is 2.11. The summed E-state index contributed by atoms with van der Waals surface area (Å²) in [5, 5.41) is 3.50. The van der Waals surface area contributed by atoms with Gasteiger partial charge in [0.1, 0.15) is 5.88 Å². The number of nitrogens with one attached hydrogen (secondary N) is 1. The molecule has 1 aromatic carbocycles. The Morgan fingerprint density at radius 2 is 2.27 bits per heavy atom. The van der Waals surface area contributed by atoms with E-state index < -0.39 is 0 Å². The molecule has 0 radical (unpaired) electrons. The van der Waals surface area contributed by atoms with Gasteiger partial charge in [-0.15, -0.1) is 11.6 Å². The van der Waals surface area contributed by atoms with E-state index in [2.05, 4.69) is 5.32 Å². The second kappa shape index (κ2) is 5.99. The maximum absolute atomic E-state index is 11.2. The molecule has 2 nitrogen and oxygen atoms in total. The van der Waals surface area contributed by atoms with Crippen LogP contribution in [0.2, 0.25) is 5.02 Å². The fourth-order valence-corrected chi connectivity index (χ4v) is 1.65. The third kappa shape index (κ3) is 3.73. The first kappa shape index (κ1) is 12.3. The molecule has 82 valence electrons. The third-order valence-corrected chi connectivity index (χ3v) is 2.59. The van der Waals surface area contributed by atoms with Crippen LogP contribution in [0, 0.1) is 0 Å². The molecule has 1 N–H and O–H groups in total. The van der Waals surface area contributed by atoms with Crippen molar-refractivity contribution in [2.24, 2.45) is 0 Å². The number of carbonyl (C=O) groups excluding carboxylic acids is 1. The molecule has 1 amide bonds. The molecule has 1 aromatic rings. The summed E-state index contributed by atoms with van der Waals surface area (Å²) in [7, 11) is 0. The summed E-state index contributed by atoms with van der Waals surface area (Å²) < 4.78 is 0. The Morgan fingerprint density at radius 1 is 1.53 bits per heavy atom. The third-order valence-electron chi connectivity index (χ3n) is 2.12. The summed E-state index contributed by atoms with van der Waals surface area (Å²) in [6.45, 7) is 2.00. The lowest BCUT2D eigenvalue weighted by Gasteiger charge is -2.16. The van der Waals surface area contributed by atoms with Crippen LogP contribution in [0.5, 0.6) is 0 Å². The fourth-order valence-electron chi connectivity index (χ4n) is 1.38. The van der Waals surface area contributed by atoms with Gasteiger partial charge in [0.25, 0.3) is 0 Å². The van der Waals surface area contributed by atoms with Crippen molar-refractivity contribution in [3.05, 3.63) is 34.9 Å². The monoisotopic (exact) mass is 245 g/mol. The number of hydrogen-bond acceptors (Lipinski definition) is 1. The van der Waals surface area contributed by atoms with E-state index in [0.29, 0.717) is 5.02 Å². The number of benzene rings is 1. The van der Waals surface area contributed by atoms with Crippen LogP contribution in [-0.4, -0.2) is 11.8 Å². The molecule has 15 heavy (non-hydrogen) atoms. The first-order valence-corrected chi connectivity index (χ1v) is 5.69. The molecule has 0 saturated carbocycles. The zero-order chi connectivity index (χ0) is 11.3. The highest BCUT2D eigenvalue weighted by molar-refractivity contribution is 6.30. The second-order valence-electron chi connectivity index (χ2n) is 3.22. The number of hydrogen-bond donors (Lipinski definition) is 1. The average molecular weight is 246 g/mol. The molecule has 0 fully saturated rings. The number of carbonyl (C=O) groups is 1. The van der Waals surface area contributed by atoms with E-state index in [-0.39, 0.29) is 17.8 Å². The minimum atomic E-state index is -0.163. The lowest BCUT2D eigenvalue weighted by Crippen LogP contribution is -2.28. The van der Waals surface area contributed by atoms with Gasteiger partial charge in [-0.2, -0.15) is 0 Å². The van der Waals surface area contributed by atoms with Crippen molar-refractivity contribution < 1.29 is 4.79 Å². The van der Waals surface area contributed by atoms with Crippen molar-refractivity contribution in [1.82, 2.24) is 5.32 Å². The lowest BCUT2D eigenvalue weighted by atomic mass is 10.0. The predicted octanol–water partition coefficient (Wildman–Crippen LogP) is 3.15. The van der Waals surface area contributed by atoms with Gasteiger partial charge in [0.2, 0.25) is 5.91 Å². The molecule has 0 aliphatic carbocycles. The number of rotatable bonds is 4. The van der Waals surface area contributed by atoms with Crippen LogP contribution >= 0.6 is 23.2 Å². The lowest BCUT2D eigenvalue weighted by molar-refractivity contribution is -0.119. The van der Waals surface area contributed by atoms with Crippen molar-refractivity contribution in [2.75, 3.05) is 5.88 Å². The van der Waals surface area contributed by atoms with Gasteiger partial charge in [-0.25, -0.2) is 0 Å². The molecule has 1 atom stereocenters. The Kier molecular flexibility index (Phi) is 4.92. The SMILES string of the molecule is CCC(NC(=O)CCl)c1cccc(Cl)c1. The molecule has 4 heteroatoms. The largest absolute Gasteiger partial charge is 0.348 e. The topological polar surface area (TPSA) is 29.1 Å². The zero-order valence-corrected chi connectivity index (χ0v) is 9.98. The fraction of sp³-hybridized carbons (Fsp3) is 0.364. The normalized spacial score (nSPS) is 12.2. The Bertz CT molecular complexity index is 341. The summed E-state index contributed by atoms with van der Waals surface area (Å²) >= 11 is 11.3. The van der Waals surface area contributed by atoms with Crippen molar-refractivity contribution in [3.8, 4) is 0 Å². The van der Waals surface area contributed by atoms with Gasteiger partial charge < -0.3 is 5.32 Å². The number of alkyl halides is 1. The van der Waals surface area contributed by atoms with Crippen LogP contribution in [0.25, 0.3) is 0 Å². The Morgan fingerprint density at radius 3 is 2.80 bits per heavy atom. The van der Waals surface area contributed by atoms with Crippen molar-refractivity contribution in [2.45, 2.75) is 19.4 Å². The van der Waals surface area contributed by atoms with Crippen LogP contribution in [0.4, 0.5) is 0 Å². The van der Waals surface area contributed by atoms with Crippen LogP contribution < -0.4 is 5.32 Å². The van der Waals surface area contributed by atoms with Gasteiger partial charge in [0, 0.05) is 5.02 Å². The van der Waals surface area contributed by atoms with Crippen LogP contribution in [0.1, 0.15) is 24.9 Å². The molecule has 0 spiro atoms. The highest BCUT2D eigenvalue weighted by atomic mass is 35.5. The van der Waals surface area contributed by atoms with Gasteiger partial charge in [-0.3, -0.25) is 4.79 Å². The molecule has 0 heterocycles. The van der Waals surface area contributed by atoms with E-state index in [9.17, 15) is 4.79 Å². The molecule has 0 aliphatic heterocycles. The summed E-state index contributed by atoms with van der Waals surface area (Å²) in [6.07, 6.45) is 0.809. The molecule has 1 rings (SSSR count). The Hall–Kier alpha value is -0.730. The van der Waals surface area contributed by atoms with E-state index in [1.54, 1.807) is 6.07 Å². The van der Waals surface area contributed by atoms with Gasteiger partial charge in [0.15, 0.2) is 0 Å². The highest BCUT2D eigenvalue weighted by Crippen LogP contribution is 2.20. The molecule has 0 aliphatic rings. The van der Waals surface area contributed by atoms with Crippen LogP contribution in [0.3, 0.4) is 0 Å². The second-order valence-corrected chi connectivity index (χ2v) is 3.92. The van der Waals surface area contributed by atoms with Crippen molar-refractivity contribution in [1.29, 1.82) is 0 Å². The predicted molar refractivity (Wildman–Crippen MR) is 63.3 cm³/mol. The summed E-state index contributed by atoms with van der Waals surface area (Å²) in [6, 6.07) is 7.45. The summed E-state index contributed by atoms with van der Waals surface area (Å²) in [5.74, 6) is -0.180. The zero-order valence-electron chi connectivity index (χ0n) is 8.47. The van der Waals surface area contributed by atoms with Gasteiger partial charge >= 0.3 is 0 Å². The standard InChI is InChI=1S/C11H13Cl2NO/c1-2-10(14-11(15)7-12)8-4-3-5-9(13)6-8/h3-6,10H,2,7H2,1H3,(H,14,15). The minimum Gasteiger partial charge on any atom is -0.348 e. The van der Waals surface area contributed by atoms with E-state index >= 15 is 0 Å². The van der Waals surface area contributed by atoms with Gasteiger partial charge in [0.05, 0.1) is 6.04 Å². The Balaban J connectivity index is 2.78. The first-order chi connectivity index (χ1) is 7.17. The molecular weight excluding hydrogens is 233 g/mol. The average Bonchev–Trinajstić information content (AvgIpc) is 2.25. The molecular formula is C11H13Cl2NO. The molecule has 0 bridgehead atoms. The van der Waals surface area contributed by atoms with Crippen molar-refractivity contribution in [3.63, 3.8) is 0 Å². The number of amides is 1. The summed E-state index contributed by atoms with van der Waals surface area (Å²) in [4.78, 5) is 11.2. The van der Waals surface area contributed by atoms with Crippen molar-refractivity contribution >= 4 is 29.1 Å². The molecule has 1 unspecified atom stereocenters. The summed E-state index contributed by atoms with van der Waals surface area (Å²) in [5.41, 5.74) is 1.00. The maximum atomic E-state index is 11.2. The Labute approximate surface area is 99.6 Å². The quantitative estimate of drug-likeness (QED) is 0.812. The first-order valence-electron chi connectivity index (χ1n) is 4.78. The van der Waals surface area contributed by atoms with Crippen LogP contribution in [0.15, 0.2) is 24.3 Å². The number of halogens is 2. The molecule has 0 saturated heterocycles. The van der Waals surface area contributed by atoms with Gasteiger partial charge in [-0.1, -0.05) is 30.7 Å². The van der Waals surface area contributed by atoms with E-state index in [0.717, 1.165) is 12.0 Å². The van der Waals surface area contributed by atoms with E-state index in [4.69, 9.17) is 23.2 Å². The van der Waals surface area contributed by atoms with E-state index in [1.807, 2.05) is 25.1 Å². The van der Waals surface area contributed by atoms with Gasteiger partial charge in [-0.05, 0) is 24.1 Å². The van der Waals surface area contributed by atoms with Crippen LogP contribution in [-0.2, 0) is 4.79 Å². The van der Waals surface area contributed by atoms with E-state index in [1.165, 1.54) is 0 Å². The molecule has 0 aromatic heterocycles.